The van der Waals surface area contributed by atoms with E-state index in [9.17, 15) is 4.39 Å². The third-order valence-electron chi connectivity index (χ3n) is 0.189. The van der Waals surface area contributed by atoms with Crippen molar-refractivity contribution in [2.75, 3.05) is 0 Å². The minimum Gasteiger partial charge on any atom is -0.193 e. The quantitative estimate of drug-likeness (QED) is 0.429. The second-order valence-corrected chi connectivity index (χ2v) is 0.842. The molecule has 0 rings (SSSR count). The Morgan fingerprint density at radius 2 is 2.20 bits per heavy atom. The molecule has 0 bridgehead atoms. The van der Waals surface area contributed by atoms with Crippen molar-refractivity contribution in [2.24, 2.45) is 0 Å². The van der Waals surface area contributed by atoms with Crippen molar-refractivity contribution in [3.8, 4) is 0 Å². The Hall–Kier alpha value is -0.0400. The third kappa shape index (κ3) is 3.96. The van der Waals surface area contributed by atoms with Gasteiger partial charge in [0, 0.05) is 6.08 Å². The second-order valence-electron chi connectivity index (χ2n) is 0.510. The molecule has 0 unspecified atom stereocenters. The average molecular weight is 93.5 g/mol. The van der Waals surface area contributed by atoms with E-state index < -0.39 is 5.29 Å². The van der Waals surface area contributed by atoms with E-state index in [-0.39, 0.29) is 0 Å². The summed E-state index contributed by atoms with van der Waals surface area (Å²) in [5, 5.41) is -0.773. The SMILES string of the molecule is C/[C]=C(\F)Cl. The molecule has 0 heterocycles. The molecule has 0 nitrogen and oxygen atoms in total. The van der Waals surface area contributed by atoms with E-state index in [1.165, 1.54) is 6.92 Å². The van der Waals surface area contributed by atoms with Gasteiger partial charge in [0.05, 0.1) is 0 Å². The molecule has 0 aromatic carbocycles. The highest BCUT2D eigenvalue weighted by atomic mass is 35.5. The van der Waals surface area contributed by atoms with Crippen LogP contribution in [-0.4, -0.2) is 0 Å². The van der Waals surface area contributed by atoms with Crippen LogP contribution in [0.3, 0.4) is 0 Å². The number of halogens is 2. The van der Waals surface area contributed by atoms with Crippen molar-refractivity contribution >= 4 is 11.6 Å². The lowest BCUT2D eigenvalue weighted by Gasteiger charge is -1.63. The molecule has 0 aliphatic rings. The van der Waals surface area contributed by atoms with Crippen molar-refractivity contribution in [1.29, 1.82) is 0 Å². The molecule has 0 aromatic rings. The van der Waals surface area contributed by atoms with Gasteiger partial charge in [0.1, 0.15) is 0 Å². The van der Waals surface area contributed by atoms with Gasteiger partial charge in [0.2, 0.25) is 0 Å². The molecule has 0 aromatic heterocycles. The zero-order valence-corrected chi connectivity index (χ0v) is 3.51. The Balaban J connectivity index is 3.14. The first kappa shape index (κ1) is 4.96. The van der Waals surface area contributed by atoms with Gasteiger partial charge in [0.25, 0.3) is 0 Å². The van der Waals surface area contributed by atoms with Crippen LogP contribution in [0.1, 0.15) is 6.92 Å². The summed E-state index contributed by atoms with van der Waals surface area (Å²) in [5.74, 6) is 0. The molecule has 1 radical (unpaired) electrons. The predicted octanol–water partition coefficient (Wildman–Crippen LogP) is 1.86. The van der Waals surface area contributed by atoms with E-state index in [0.717, 1.165) is 0 Å². The van der Waals surface area contributed by atoms with Crippen LogP contribution in [0.15, 0.2) is 5.29 Å². The van der Waals surface area contributed by atoms with E-state index in [0.29, 0.717) is 0 Å². The molecule has 0 aliphatic carbocycles. The zero-order chi connectivity index (χ0) is 4.28. The minimum atomic E-state index is -0.773. The van der Waals surface area contributed by atoms with Gasteiger partial charge in [-0.25, -0.2) is 0 Å². The summed E-state index contributed by atoms with van der Waals surface area (Å²) in [6, 6.07) is 0. The summed E-state index contributed by atoms with van der Waals surface area (Å²) in [7, 11) is 0. The van der Waals surface area contributed by atoms with Crippen LogP contribution in [0.25, 0.3) is 0 Å². The molecule has 5 heavy (non-hydrogen) atoms. The van der Waals surface area contributed by atoms with Gasteiger partial charge in [-0.3, -0.25) is 0 Å². The Morgan fingerprint density at radius 3 is 2.20 bits per heavy atom. The first-order valence-corrected chi connectivity index (χ1v) is 1.51. The normalized spacial score (nSPS) is 12.2. The molecule has 0 spiro atoms. The lowest BCUT2D eigenvalue weighted by molar-refractivity contribution is 0.688. The van der Waals surface area contributed by atoms with E-state index in [4.69, 9.17) is 0 Å². The van der Waals surface area contributed by atoms with Crippen LogP contribution in [0.4, 0.5) is 4.39 Å². The van der Waals surface area contributed by atoms with E-state index >= 15 is 0 Å². The fourth-order valence-electron chi connectivity index (χ4n) is 0. The van der Waals surface area contributed by atoms with Gasteiger partial charge < -0.3 is 0 Å². The van der Waals surface area contributed by atoms with E-state index in [1.54, 1.807) is 0 Å². The maximum absolute atomic E-state index is 11.0. The fraction of sp³-hybridized carbons (Fsp3) is 0.333. The van der Waals surface area contributed by atoms with Gasteiger partial charge in [-0.15, -0.1) is 0 Å². The van der Waals surface area contributed by atoms with Crippen molar-refractivity contribution in [2.45, 2.75) is 6.92 Å². The van der Waals surface area contributed by atoms with Crippen LogP contribution in [-0.2, 0) is 0 Å². The Morgan fingerprint density at radius 1 is 2.00 bits per heavy atom. The number of hydrogen-bond donors (Lipinski definition) is 0. The molecule has 0 amide bonds. The molecular weight excluding hydrogens is 90.5 g/mol. The first-order chi connectivity index (χ1) is 2.27. The van der Waals surface area contributed by atoms with Crippen molar-refractivity contribution < 1.29 is 4.39 Å². The van der Waals surface area contributed by atoms with Crippen LogP contribution in [0.2, 0.25) is 0 Å². The van der Waals surface area contributed by atoms with Gasteiger partial charge in [-0.05, 0) is 6.92 Å². The number of rotatable bonds is 0. The predicted molar refractivity (Wildman–Crippen MR) is 19.4 cm³/mol. The van der Waals surface area contributed by atoms with Gasteiger partial charge >= 0.3 is 0 Å². The average Bonchev–Trinajstić information content (AvgIpc) is 1.38. The summed E-state index contributed by atoms with van der Waals surface area (Å²) in [6.07, 6.45) is 2.04. The number of hydrogen-bond acceptors (Lipinski definition) is 0. The maximum Gasteiger partial charge on any atom is 0.192 e. The molecule has 0 N–H and O–H groups in total. The Labute approximate surface area is 35.2 Å². The molecule has 0 aliphatic heterocycles. The van der Waals surface area contributed by atoms with Crippen molar-refractivity contribution in [3.05, 3.63) is 11.4 Å². The molecular formula is C3H3ClF. The Kier molecular flexibility index (Phi) is 2.19. The lowest BCUT2D eigenvalue weighted by atomic mass is 10.8. The highest BCUT2D eigenvalue weighted by Gasteiger charge is 1.72. The molecule has 0 saturated carbocycles. The maximum atomic E-state index is 11.0. The van der Waals surface area contributed by atoms with Crippen LogP contribution in [0, 0.1) is 6.08 Å². The smallest absolute Gasteiger partial charge is 0.192 e. The summed E-state index contributed by atoms with van der Waals surface area (Å²) >= 11 is 4.60. The highest BCUT2D eigenvalue weighted by molar-refractivity contribution is 6.27. The Bertz CT molecular complexity index is 44.9. The lowest BCUT2D eigenvalue weighted by Crippen LogP contribution is -1.43. The van der Waals surface area contributed by atoms with E-state index in [1.807, 2.05) is 6.08 Å². The summed E-state index contributed by atoms with van der Waals surface area (Å²) in [6.45, 7) is 1.41. The minimum absolute atomic E-state index is 0.773. The monoisotopic (exact) mass is 93.0 g/mol. The standard InChI is InChI=1S/C3H3ClF/c1-2-3(4)5/h1H3. The van der Waals surface area contributed by atoms with Gasteiger partial charge in [-0.1, -0.05) is 11.6 Å². The molecule has 0 fully saturated rings. The van der Waals surface area contributed by atoms with Crippen LogP contribution < -0.4 is 0 Å². The van der Waals surface area contributed by atoms with Crippen molar-refractivity contribution in [3.63, 3.8) is 0 Å². The summed E-state index contributed by atoms with van der Waals surface area (Å²) < 4.78 is 11.0. The van der Waals surface area contributed by atoms with Crippen LogP contribution >= 0.6 is 11.6 Å². The first-order valence-electron chi connectivity index (χ1n) is 1.13. The molecule has 0 saturated heterocycles. The largest absolute Gasteiger partial charge is 0.193 e. The van der Waals surface area contributed by atoms with E-state index in [2.05, 4.69) is 11.6 Å². The fourth-order valence-corrected chi connectivity index (χ4v) is 0. The van der Waals surface area contributed by atoms with Crippen molar-refractivity contribution in [1.82, 2.24) is 0 Å². The second kappa shape index (κ2) is 2.21. The molecule has 0 atom stereocenters. The topological polar surface area (TPSA) is 0 Å². The third-order valence-corrected chi connectivity index (χ3v) is 0.378. The van der Waals surface area contributed by atoms with Crippen LogP contribution in [0.5, 0.6) is 0 Å². The van der Waals surface area contributed by atoms with Gasteiger partial charge in [-0.2, -0.15) is 4.39 Å². The number of allylic oxidation sites excluding steroid dienone is 1. The highest BCUT2D eigenvalue weighted by Crippen LogP contribution is 1.97. The molecule has 29 valence electrons. The summed E-state index contributed by atoms with van der Waals surface area (Å²) in [4.78, 5) is 0. The van der Waals surface area contributed by atoms with Gasteiger partial charge in [0.15, 0.2) is 5.29 Å². The molecule has 2 heteroatoms. The summed E-state index contributed by atoms with van der Waals surface area (Å²) in [5.41, 5.74) is 0. The zero-order valence-electron chi connectivity index (χ0n) is 2.76.